The van der Waals surface area contributed by atoms with Crippen molar-refractivity contribution in [1.29, 1.82) is 0 Å². The summed E-state index contributed by atoms with van der Waals surface area (Å²) in [6.07, 6.45) is 3.51. The summed E-state index contributed by atoms with van der Waals surface area (Å²) in [4.78, 5) is 0. The lowest BCUT2D eigenvalue weighted by Gasteiger charge is -2.00. The maximum absolute atomic E-state index is 5.49. The summed E-state index contributed by atoms with van der Waals surface area (Å²) in [6.45, 7) is 0.667. The Kier molecular flexibility index (Phi) is 3.74. The van der Waals surface area contributed by atoms with Crippen LogP contribution >= 0.6 is 15.9 Å². The molecule has 0 atom stereocenters. The van der Waals surface area contributed by atoms with Gasteiger partial charge in [-0.05, 0) is 30.7 Å². The van der Waals surface area contributed by atoms with E-state index in [9.17, 15) is 0 Å². The summed E-state index contributed by atoms with van der Waals surface area (Å²) in [5.74, 6) is 0.910. The number of aromatic nitrogens is 1. The van der Waals surface area contributed by atoms with Gasteiger partial charge in [-0.3, -0.25) is 0 Å². The van der Waals surface area contributed by atoms with Crippen LogP contribution in [0.5, 0.6) is 0 Å². The van der Waals surface area contributed by atoms with Crippen LogP contribution in [-0.2, 0) is 6.42 Å². The van der Waals surface area contributed by atoms with Crippen LogP contribution < -0.4 is 5.73 Å². The zero-order valence-corrected chi connectivity index (χ0v) is 10.4. The Balaban J connectivity index is 2.26. The molecular formula is C12H13BrN2O. The summed E-state index contributed by atoms with van der Waals surface area (Å²) in [7, 11) is 0. The Labute approximate surface area is 103 Å². The minimum atomic E-state index is 0.667. The van der Waals surface area contributed by atoms with E-state index in [-0.39, 0.29) is 0 Å². The van der Waals surface area contributed by atoms with Crippen molar-refractivity contribution in [2.75, 3.05) is 6.54 Å². The number of benzene rings is 1. The minimum absolute atomic E-state index is 0.667. The van der Waals surface area contributed by atoms with Crippen molar-refractivity contribution >= 4 is 15.9 Å². The number of nitrogens with two attached hydrogens (primary N) is 1. The normalized spacial score (nSPS) is 10.6. The number of nitrogens with zero attached hydrogens (tertiary/aromatic N) is 1. The lowest BCUT2D eigenvalue weighted by molar-refractivity contribution is 0.382. The van der Waals surface area contributed by atoms with E-state index >= 15 is 0 Å². The molecule has 1 aromatic carbocycles. The fraction of sp³-hybridized carbons (Fsp3) is 0.250. The van der Waals surface area contributed by atoms with Crippen molar-refractivity contribution in [2.24, 2.45) is 5.73 Å². The number of rotatable bonds is 4. The summed E-state index contributed by atoms with van der Waals surface area (Å²) in [5, 5.41) is 3.85. The fourth-order valence-electron chi connectivity index (χ4n) is 1.57. The second-order valence-corrected chi connectivity index (χ2v) is 4.48. The third kappa shape index (κ3) is 2.51. The van der Waals surface area contributed by atoms with E-state index in [2.05, 4.69) is 21.1 Å². The van der Waals surface area contributed by atoms with Crippen LogP contribution in [0.1, 0.15) is 12.2 Å². The van der Waals surface area contributed by atoms with Crippen LogP contribution in [0.15, 0.2) is 39.5 Å². The predicted molar refractivity (Wildman–Crippen MR) is 67.0 cm³/mol. The third-order valence-electron chi connectivity index (χ3n) is 2.41. The molecule has 0 radical (unpaired) electrons. The maximum Gasteiger partial charge on any atom is 0.144 e. The quantitative estimate of drug-likeness (QED) is 0.937. The van der Waals surface area contributed by atoms with E-state index in [1.54, 1.807) is 6.20 Å². The predicted octanol–water partition coefficient (Wildman–Crippen LogP) is 3.00. The first-order valence-electron chi connectivity index (χ1n) is 5.21. The van der Waals surface area contributed by atoms with E-state index in [1.165, 1.54) is 0 Å². The van der Waals surface area contributed by atoms with Crippen LogP contribution in [0, 0.1) is 0 Å². The van der Waals surface area contributed by atoms with Crippen molar-refractivity contribution in [3.8, 4) is 11.1 Å². The van der Waals surface area contributed by atoms with E-state index < -0.39 is 0 Å². The molecule has 1 aromatic heterocycles. The van der Waals surface area contributed by atoms with E-state index in [1.807, 2.05) is 24.3 Å². The molecule has 2 aromatic rings. The molecule has 0 aliphatic rings. The molecule has 16 heavy (non-hydrogen) atoms. The van der Waals surface area contributed by atoms with E-state index in [0.717, 1.165) is 34.2 Å². The average molecular weight is 281 g/mol. The molecule has 0 saturated heterocycles. The number of hydrogen-bond donors (Lipinski definition) is 1. The van der Waals surface area contributed by atoms with Crippen LogP contribution in [0.3, 0.4) is 0 Å². The average Bonchev–Trinajstić information content (AvgIpc) is 2.75. The van der Waals surface area contributed by atoms with E-state index in [4.69, 9.17) is 10.3 Å². The highest BCUT2D eigenvalue weighted by Crippen LogP contribution is 2.25. The van der Waals surface area contributed by atoms with Crippen molar-refractivity contribution < 1.29 is 4.52 Å². The highest BCUT2D eigenvalue weighted by Gasteiger charge is 2.09. The second-order valence-electron chi connectivity index (χ2n) is 3.56. The minimum Gasteiger partial charge on any atom is -0.361 e. The van der Waals surface area contributed by atoms with Crippen molar-refractivity contribution in [3.05, 3.63) is 40.7 Å². The van der Waals surface area contributed by atoms with E-state index in [0.29, 0.717) is 6.54 Å². The zero-order chi connectivity index (χ0) is 11.4. The molecule has 1 heterocycles. The highest BCUT2D eigenvalue weighted by atomic mass is 79.9. The summed E-state index contributed by atoms with van der Waals surface area (Å²) in [6, 6.07) is 8.11. The lowest BCUT2D eigenvalue weighted by atomic mass is 10.0. The fourth-order valence-corrected chi connectivity index (χ4v) is 1.84. The van der Waals surface area contributed by atoms with Crippen LogP contribution in [-0.4, -0.2) is 11.7 Å². The number of hydrogen-bond acceptors (Lipinski definition) is 3. The standard InChI is InChI=1S/C12H13BrN2O/c13-10-5-3-9(4-6-10)11-8-15-16-12(11)2-1-7-14/h3-6,8H,1-2,7,14H2. The van der Waals surface area contributed by atoms with Gasteiger partial charge in [0.1, 0.15) is 5.76 Å². The smallest absolute Gasteiger partial charge is 0.144 e. The first kappa shape index (κ1) is 11.4. The molecule has 2 N–H and O–H groups in total. The molecule has 84 valence electrons. The first-order chi connectivity index (χ1) is 7.81. The molecule has 2 rings (SSSR count). The molecule has 3 nitrogen and oxygen atoms in total. The number of halogens is 1. The van der Waals surface area contributed by atoms with Gasteiger partial charge in [0.05, 0.1) is 6.20 Å². The summed E-state index contributed by atoms with van der Waals surface area (Å²) in [5.41, 5.74) is 7.66. The largest absolute Gasteiger partial charge is 0.361 e. The zero-order valence-electron chi connectivity index (χ0n) is 8.82. The lowest BCUT2D eigenvalue weighted by Crippen LogP contribution is -2.00. The van der Waals surface area contributed by atoms with Gasteiger partial charge < -0.3 is 10.3 Å². The molecule has 0 bridgehead atoms. The van der Waals surface area contributed by atoms with Crippen LogP contribution in [0.25, 0.3) is 11.1 Å². The molecule has 0 saturated carbocycles. The van der Waals surface area contributed by atoms with Gasteiger partial charge in [-0.15, -0.1) is 0 Å². The molecule has 0 amide bonds. The number of aryl methyl sites for hydroxylation is 1. The van der Waals surface area contributed by atoms with Crippen molar-refractivity contribution in [1.82, 2.24) is 5.16 Å². The summed E-state index contributed by atoms with van der Waals surface area (Å²) >= 11 is 3.41. The topological polar surface area (TPSA) is 52.0 Å². The first-order valence-corrected chi connectivity index (χ1v) is 6.00. The Morgan fingerprint density at radius 3 is 2.69 bits per heavy atom. The Morgan fingerprint density at radius 2 is 2.00 bits per heavy atom. The van der Waals surface area contributed by atoms with Gasteiger partial charge in [0, 0.05) is 16.5 Å². The molecular weight excluding hydrogens is 268 g/mol. The molecule has 4 heteroatoms. The van der Waals surface area contributed by atoms with Gasteiger partial charge in [0.2, 0.25) is 0 Å². The maximum atomic E-state index is 5.49. The van der Waals surface area contributed by atoms with Gasteiger partial charge in [0.25, 0.3) is 0 Å². The molecule has 0 aliphatic heterocycles. The van der Waals surface area contributed by atoms with Gasteiger partial charge in [-0.25, -0.2) is 0 Å². The summed E-state index contributed by atoms with van der Waals surface area (Å²) < 4.78 is 6.30. The van der Waals surface area contributed by atoms with Gasteiger partial charge in [-0.2, -0.15) is 0 Å². The molecule has 0 unspecified atom stereocenters. The highest BCUT2D eigenvalue weighted by molar-refractivity contribution is 9.10. The third-order valence-corrected chi connectivity index (χ3v) is 2.94. The van der Waals surface area contributed by atoms with Crippen LogP contribution in [0.4, 0.5) is 0 Å². The van der Waals surface area contributed by atoms with Crippen molar-refractivity contribution in [2.45, 2.75) is 12.8 Å². The van der Waals surface area contributed by atoms with Gasteiger partial charge >= 0.3 is 0 Å². The molecule has 0 aliphatic carbocycles. The van der Waals surface area contributed by atoms with Crippen LogP contribution in [0.2, 0.25) is 0 Å². The van der Waals surface area contributed by atoms with Gasteiger partial charge in [-0.1, -0.05) is 33.2 Å². The Hall–Kier alpha value is -1.13. The van der Waals surface area contributed by atoms with Crippen molar-refractivity contribution in [3.63, 3.8) is 0 Å². The van der Waals surface area contributed by atoms with Gasteiger partial charge in [0.15, 0.2) is 0 Å². The SMILES string of the molecule is NCCCc1oncc1-c1ccc(Br)cc1. The second kappa shape index (κ2) is 5.27. The Bertz CT molecular complexity index is 450. The monoisotopic (exact) mass is 280 g/mol. The molecule has 0 spiro atoms. The Morgan fingerprint density at radius 1 is 1.25 bits per heavy atom. The molecule has 0 fully saturated rings.